The van der Waals surface area contributed by atoms with Crippen molar-refractivity contribution in [2.24, 2.45) is 46.3 Å². The molecule has 4 aliphatic carbocycles. The number of unbranched alkanes of at least 4 members (excludes halogenated alkanes) is 6. The summed E-state index contributed by atoms with van der Waals surface area (Å²) >= 11 is 0. The van der Waals surface area contributed by atoms with Crippen LogP contribution < -0.4 is 10.6 Å². The molecule has 0 aliphatic heterocycles. The fourth-order valence-corrected chi connectivity index (χ4v) is 11.8. The van der Waals surface area contributed by atoms with Crippen molar-refractivity contribution in [2.75, 3.05) is 26.2 Å². The maximum Gasteiger partial charge on any atom is 0.410 e. The quantitative estimate of drug-likeness (QED) is 0.0719. The summed E-state index contributed by atoms with van der Waals surface area (Å²) in [5.41, 5.74) is 1.27. The van der Waals surface area contributed by atoms with Gasteiger partial charge in [0.25, 0.3) is 0 Å². The van der Waals surface area contributed by atoms with Gasteiger partial charge in [0.05, 0.1) is 0 Å². The van der Waals surface area contributed by atoms with Gasteiger partial charge in [-0.05, 0) is 159 Å². The van der Waals surface area contributed by atoms with Gasteiger partial charge in [-0.1, -0.05) is 91.2 Å². The molecule has 4 rings (SSSR count). The van der Waals surface area contributed by atoms with E-state index in [0.29, 0.717) is 31.6 Å². The van der Waals surface area contributed by atoms with Gasteiger partial charge in [-0.2, -0.15) is 0 Å². The van der Waals surface area contributed by atoms with Gasteiger partial charge in [0.1, 0.15) is 17.3 Å². The monoisotopic (exact) mass is 828 g/mol. The normalized spacial score (nSPS) is 28.4. The van der Waals surface area contributed by atoms with Crippen molar-refractivity contribution in [2.45, 2.75) is 215 Å². The summed E-state index contributed by atoms with van der Waals surface area (Å²) < 4.78 is 17.1. The van der Waals surface area contributed by atoms with Crippen molar-refractivity contribution >= 4 is 18.3 Å². The van der Waals surface area contributed by atoms with Crippen LogP contribution in [0.4, 0.5) is 14.4 Å². The lowest BCUT2D eigenvalue weighted by Crippen LogP contribution is -2.51. The second-order valence-electron chi connectivity index (χ2n) is 22.2. The predicted molar refractivity (Wildman–Crippen MR) is 240 cm³/mol. The van der Waals surface area contributed by atoms with E-state index in [0.717, 1.165) is 106 Å². The first-order valence-electron chi connectivity index (χ1n) is 24.3. The number of allylic oxidation sites excluding steroid dienone is 1. The second kappa shape index (κ2) is 22.1. The van der Waals surface area contributed by atoms with Gasteiger partial charge in [0.2, 0.25) is 0 Å². The molecule has 4 aliphatic rings. The molecule has 3 saturated carbocycles. The maximum absolute atomic E-state index is 13.9. The summed E-state index contributed by atoms with van der Waals surface area (Å²) in [6.45, 7) is 26.3. The Balaban J connectivity index is 1.28. The lowest BCUT2D eigenvalue weighted by atomic mass is 9.47. The molecule has 3 amide bonds. The topological polar surface area (TPSA) is 106 Å². The lowest BCUT2D eigenvalue weighted by molar-refractivity contribution is -0.0593. The number of carbonyl (C=O) groups excluding carboxylic acids is 3. The Bertz CT molecular complexity index is 1320. The van der Waals surface area contributed by atoms with Crippen LogP contribution in [-0.4, -0.2) is 66.7 Å². The number of hydrogen-bond donors (Lipinski definition) is 2. The SMILES string of the molecule is CC(C)CCC[C@@H](C)[C@H]1CC[C@H]2[C@@H]3CC=C4C[C@@H](OC(=O)N(CCCCCCNC(=O)OC(C)(C)C)CCCCCCNC(=O)OC(C)(C)C)CC[C@]4(C)[C@H]3CC[C@]12C. The Morgan fingerprint density at radius 3 is 1.86 bits per heavy atom. The Morgan fingerprint density at radius 1 is 0.729 bits per heavy atom. The van der Waals surface area contributed by atoms with E-state index >= 15 is 0 Å². The molecule has 2 N–H and O–H groups in total. The first-order valence-corrected chi connectivity index (χ1v) is 24.3. The van der Waals surface area contributed by atoms with Gasteiger partial charge in [-0.15, -0.1) is 0 Å². The molecule has 340 valence electrons. The van der Waals surface area contributed by atoms with Gasteiger partial charge in [-0.3, -0.25) is 0 Å². The van der Waals surface area contributed by atoms with E-state index in [-0.39, 0.29) is 29.8 Å². The van der Waals surface area contributed by atoms with Crippen molar-refractivity contribution in [3.8, 4) is 0 Å². The molecule has 0 heterocycles. The third-order valence-electron chi connectivity index (χ3n) is 14.8. The minimum Gasteiger partial charge on any atom is -0.446 e. The number of hydrogen-bond acceptors (Lipinski definition) is 6. The Hall–Kier alpha value is -2.45. The van der Waals surface area contributed by atoms with Gasteiger partial charge in [0.15, 0.2) is 0 Å². The zero-order valence-corrected chi connectivity index (χ0v) is 39.8. The van der Waals surface area contributed by atoms with Gasteiger partial charge in [0, 0.05) is 32.6 Å². The number of fused-ring (bicyclic) bond motifs is 5. The molecular weight excluding hydrogens is 739 g/mol. The maximum atomic E-state index is 13.9. The Morgan fingerprint density at radius 2 is 1.31 bits per heavy atom. The van der Waals surface area contributed by atoms with E-state index < -0.39 is 11.2 Å². The molecule has 0 aromatic carbocycles. The third-order valence-corrected chi connectivity index (χ3v) is 14.8. The number of nitrogens with one attached hydrogen (secondary N) is 2. The minimum absolute atomic E-state index is 0.0601. The molecule has 8 atom stereocenters. The van der Waals surface area contributed by atoms with Crippen molar-refractivity contribution in [3.05, 3.63) is 11.6 Å². The van der Waals surface area contributed by atoms with E-state index in [9.17, 15) is 14.4 Å². The highest BCUT2D eigenvalue weighted by molar-refractivity contribution is 5.68. The standard InChI is InChI=1S/C50H89N3O6/c1-36(2)21-20-22-37(3)41-25-26-42-40-24-23-38-35-39(27-29-49(38,10)43(40)28-30-50(41,42)11)57-46(56)53(33-18-14-12-16-31-51-44(54)58-47(4,5)6)34-19-15-13-17-32-52-45(55)59-48(7,8)9/h23,36-37,39-43H,12-22,24-35H2,1-11H3,(H,51,54)(H,52,55)/t37-,39+,40+,41-,42+,43+,49+,50-/m1/s1. The number of alkyl carbamates (subject to hydrolysis) is 2. The number of ether oxygens (including phenoxy) is 3. The van der Waals surface area contributed by atoms with Gasteiger partial charge >= 0.3 is 18.3 Å². The summed E-state index contributed by atoms with van der Waals surface area (Å²) in [5, 5.41) is 5.70. The van der Waals surface area contributed by atoms with E-state index in [1.165, 1.54) is 51.4 Å². The van der Waals surface area contributed by atoms with Crippen molar-refractivity contribution in [3.63, 3.8) is 0 Å². The van der Waals surface area contributed by atoms with Crippen LogP contribution >= 0.6 is 0 Å². The molecule has 0 unspecified atom stereocenters. The third kappa shape index (κ3) is 14.9. The summed E-state index contributed by atoms with van der Waals surface area (Å²) in [4.78, 5) is 39.8. The number of rotatable bonds is 20. The second-order valence-corrected chi connectivity index (χ2v) is 22.2. The molecule has 0 spiro atoms. The Labute approximate surface area is 361 Å². The van der Waals surface area contributed by atoms with E-state index in [4.69, 9.17) is 14.2 Å². The molecule has 59 heavy (non-hydrogen) atoms. The number of nitrogens with zero attached hydrogens (tertiary/aromatic N) is 1. The average Bonchev–Trinajstić information content (AvgIpc) is 3.49. The molecule has 0 bridgehead atoms. The molecule has 9 heteroatoms. The smallest absolute Gasteiger partial charge is 0.410 e. The highest BCUT2D eigenvalue weighted by Crippen LogP contribution is 2.67. The molecule has 9 nitrogen and oxygen atoms in total. The molecular formula is C50H89N3O6. The fourth-order valence-electron chi connectivity index (χ4n) is 11.8. The Kier molecular flexibility index (Phi) is 18.4. The summed E-state index contributed by atoms with van der Waals surface area (Å²) in [7, 11) is 0. The van der Waals surface area contributed by atoms with E-state index in [2.05, 4.69) is 51.3 Å². The first-order chi connectivity index (χ1) is 27.7. The molecule has 0 aromatic rings. The van der Waals surface area contributed by atoms with Crippen LogP contribution in [0, 0.1) is 46.3 Å². The van der Waals surface area contributed by atoms with Crippen LogP contribution in [0.2, 0.25) is 0 Å². The number of amides is 3. The van der Waals surface area contributed by atoms with Gasteiger partial charge < -0.3 is 29.7 Å². The summed E-state index contributed by atoms with van der Waals surface area (Å²) in [6, 6.07) is 0. The van der Waals surface area contributed by atoms with Crippen molar-refractivity contribution < 1.29 is 28.6 Å². The van der Waals surface area contributed by atoms with E-state index in [1.807, 2.05) is 46.4 Å². The summed E-state index contributed by atoms with van der Waals surface area (Å²) in [6.07, 6.45) is 22.9. The molecule has 3 fully saturated rings. The average molecular weight is 828 g/mol. The first kappa shape index (κ1) is 49.2. The zero-order valence-electron chi connectivity index (χ0n) is 39.8. The number of carbonyl (C=O) groups is 3. The lowest BCUT2D eigenvalue weighted by Gasteiger charge is -2.58. The van der Waals surface area contributed by atoms with Gasteiger partial charge in [-0.25, -0.2) is 14.4 Å². The van der Waals surface area contributed by atoms with Crippen LogP contribution in [0.25, 0.3) is 0 Å². The van der Waals surface area contributed by atoms with Crippen LogP contribution in [0.5, 0.6) is 0 Å². The molecule has 0 saturated heterocycles. The van der Waals surface area contributed by atoms with Crippen LogP contribution in [0.15, 0.2) is 11.6 Å². The zero-order chi connectivity index (χ0) is 43.4. The molecule has 0 radical (unpaired) electrons. The highest BCUT2D eigenvalue weighted by Gasteiger charge is 2.59. The van der Waals surface area contributed by atoms with E-state index in [1.54, 1.807) is 5.57 Å². The van der Waals surface area contributed by atoms with Crippen molar-refractivity contribution in [1.82, 2.24) is 15.5 Å². The fraction of sp³-hybridized carbons (Fsp3) is 0.900. The van der Waals surface area contributed by atoms with Crippen LogP contribution in [0.3, 0.4) is 0 Å². The van der Waals surface area contributed by atoms with Crippen LogP contribution in [-0.2, 0) is 14.2 Å². The largest absolute Gasteiger partial charge is 0.446 e. The van der Waals surface area contributed by atoms with Crippen molar-refractivity contribution in [1.29, 1.82) is 0 Å². The highest BCUT2D eigenvalue weighted by atomic mass is 16.6. The minimum atomic E-state index is -0.504. The molecule has 0 aromatic heterocycles. The summed E-state index contributed by atoms with van der Waals surface area (Å²) in [5.74, 6) is 4.91. The van der Waals surface area contributed by atoms with Crippen LogP contribution in [0.1, 0.15) is 198 Å². The predicted octanol–water partition coefficient (Wildman–Crippen LogP) is 13.0.